The zero-order valence-electron chi connectivity index (χ0n) is 12.4. The molecule has 0 fully saturated rings. The van der Waals surface area contributed by atoms with Crippen LogP contribution in [0.15, 0.2) is 16.9 Å². The van der Waals surface area contributed by atoms with Crippen molar-refractivity contribution >= 4 is 11.6 Å². The minimum Gasteiger partial charge on any atom is -0.317 e. The summed E-state index contributed by atoms with van der Waals surface area (Å²) < 4.78 is 1.33. The van der Waals surface area contributed by atoms with Crippen molar-refractivity contribution in [3.63, 3.8) is 0 Å². The molecule has 2 N–H and O–H groups in total. The number of carbonyl (C=O) groups excluding carboxylic acids is 1. The lowest BCUT2D eigenvalue weighted by atomic mass is 10.3. The third-order valence-corrected chi connectivity index (χ3v) is 3.19. The number of aromatic amines is 1. The molecule has 0 aliphatic heterocycles. The van der Waals surface area contributed by atoms with Gasteiger partial charge in [0, 0.05) is 12.6 Å². The van der Waals surface area contributed by atoms with Gasteiger partial charge in [0.1, 0.15) is 5.69 Å². The van der Waals surface area contributed by atoms with E-state index in [2.05, 4.69) is 20.6 Å². The monoisotopic (exact) mass is 289 g/mol. The lowest BCUT2D eigenvalue weighted by Crippen LogP contribution is -2.26. The number of aromatic nitrogens is 4. The van der Waals surface area contributed by atoms with Gasteiger partial charge >= 0.3 is 0 Å². The maximum absolute atomic E-state index is 12.2. The number of unbranched alkanes of at least 4 members (excludes halogenated alkanes) is 1. The number of amides is 1. The number of aryl methyl sites for hydroxylation is 3. The minimum atomic E-state index is -0.354. The van der Waals surface area contributed by atoms with Crippen LogP contribution in [0, 0.1) is 13.8 Å². The number of rotatable bonds is 5. The van der Waals surface area contributed by atoms with E-state index in [1.165, 1.54) is 16.8 Å². The van der Waals surface area contributed by atoms with E-state index in [9.17, 15) is 9.59 Å². The van der Waals surface area contributed by atoms with E-state index in [0.29, 0.717) is 17.9 Å². The Morgan fingerprint density at radius 3 is 2.76 bits per heavy atom. The molecule has 7 nitrogen and oxygen atoms in total. The van der Waals surface area contributed by atoms with Gasteiger partial charge in [0.2, 0.25) is 0 Å². The van der Waals surface area contributed by atoms with Crippen molar-refractivity contribution in [1.82, 2.24) is 20.0 Å². The maximum Gasteiger partial charge on any atom is 0.276 e. The first-order chi connectivity index (χ1) is 10.0. The summed E-state index contributed by atoms with van der Waals surface area (Å²) in [5.74, 6) is -0.354. The van der Waals surface area contributed by atoms with E-state index in [0.717, 1.165) is 18.5 Å². The molecule has 7 heteroatoms. The zero-order chi connectivity index (χ0) is 15.4. The molecule has 112 valence electrons. The number of nitrogens with zero attached hydrogens (tertiary/aromatic N) is 3. The van der Waals surface area contributed by atoms with Crippen molar-refractivity contribution in [3.8, 4) is 0 Å². The second-order valence-electron chi connectivity index (χ2n) is 4.90. The van der Waals surface area contributed by atoms with Crippen LogP contribution in [0.5, 0.6) is 0 Å². The number of hydrogen-bond donors (Lipinski definition) is 2. The Kier molecular flexibility index (Phi) is 4.52. The Morgan fingerprint density at radius 2 is 2.14 bits per heavy atom. The van der Waals surface area contributed by atoms with Gasteiger partial charge in [-0.25, -0.2) is 4.68 Å². The molecule has 2 rings (SSSR count). The average molecular weight is 289 g/mol. The van der Waals surface area contributed by atoms with Gasteiger partial charge in [-0.2, -0.15) is 10.2 Å². The fourth-order valence-electron chi connectivity index (χ4n) is 1.95. The van der Waals surface area contributed by atoms with Crippen LogP contribution < -0.4 is 10.9 Å². The lowest BCUT2D eigenvalue weighted by Gasteiger charge is -2.07. The van der Waals surface area contributed by atoms with Crippen LogP contribution in [-0.2, 0) is 6.54 Å². The van der Waals surface area contributed by atoms with Gasteiger partial charge in [-0.3, -0.25) is 14.7 Å². The van der Waals surface area contributed by atoms with Crippen molar-refractivity contribution in [3.05, 3.63) is 39.6 Å². The first kappa shape index (κ1) is 15.0. The summed E-state index contributed by atoms with van der Waals surface area (Å²) in [5.41, 5.74) is 2.15. The summed E-state index contributed by atoms with van der Waals surface area (Å²) in [6.45, 7) is 6.17. The second kappa shape index (κ2) is 6.34. The van der Waals surface area contributed by atoms with E-state index < -0.39 is 0 Å². The van der Waals surface area contributed by atoms with Crippen molar-refractivity contribution in [2.45, 2.75) is 40.2 Å². The van der Waals surface area contributed by atoms with Gasteiger partial charge in [0.25, 0.3) is 11.5 Å². The third kappa shape index (κ3) is 3.36. The quantitative estimate of drug-likeness (QED) is 0.875. The fourth-order valence-corrected chi connectivity index (χ4v) is 1.95. The molecule has 2 aromatic rings. The van der Waals surface area contributed by atoms with Gasteiger partial charge in [0.05, 0.1) is 17.1 Å². The average Bonchev–Trinajstić information content (AvgIpc) is 2.78. The summed E-state index contributed by atoms with van der Waals surface area (Å²) in [6, 6.07) is 2.80. The SMILES string of the molecule is CCCCn1nc(C(=O)Nc2c(C)n[nH]c2C)ccc1=O. The van der Waals surface area contributed by atoms with Gasteiger partial charge in [-0.05, 0) is 26.3 Å². The number of carbonyl (C=O) groups is 1. The summed E-state index contributed by atoms with van der Waals surface area (Å²) in [5, 5.41) is 13.7. The van der Waals surface area contributed by atoms with Crippen LogP contribution in [0.4, 0.5) is 5.69 Å². The van der Waals surface area contributed by atoms with Crippen LogP contribution >= 0.6 is 0 Å². The number of hydrogen-bond acceptors (Lipinski definition) is 4. The largest absolute Gasteiger partial charge is 0.317 e. The Labute approximate surface area is 122 Å². The molecule has 0 atom stereocenters. The molecule has 0 unspecified atom stereocenters. The van der Waals surface area contributed by atoms with Gasteiger partial charge in [-0.15, -0.1) is 0 Å². The fraction of sp³-hybridized carbons (Fsp3) is 0.429. The second-order valence-corrected chi connectivity index (χ2v) is 4.90. The van der Waals surface area contributed by atoms with Gasteiger partial charge < -0.3 is 5.32 Å². The topological polar surface area (TPSA) is 92.7 Å². The first-order valence-corrected chi connectivity index (χ1v) is 6.94. The number of nitrogens with one attached hydrogen (secondary N) is 2. The van der Waals surface area contributed by atoms with E-state index in [1.54, 1.807) is 6.92 Å². The molecule has 2 aromatic heterocycles. The number of H-pyrrole nitrogens is 1. The Morgan fingerprint density at radius 1 is 1.38 bits per heavy atom. The van der Waals surface area contributed by atoms with Crippen molar-refractivity contribution in [2.24, 2.45) is 0 Å². The highest BCUT2D eigenvalue weighted by Gasteiger charge is 2.14. The highest BCUT2D eigenvalue weighted by molar-refractivity contribution is 6.03. The van der Waals surface area contributed by atoms with Gasteiger partial charge in [-0.1, -0.05) is 13.3 Å². The van der Waals surface area contributed by atoms with E-state index in [4.69, 9.17) is 0 Å². The molecule has 1 amide bonds. The summed E-state index contributed by atoms with van der Waals surface area (Å²) in [6.07, 6.45) is 1.80. The summed E-state index contributed by atoms with van der Waals surface area (Å²) in [7, 11) is 0. The normalized spacial score (nSPS) is 10.6. The lowest BCUT2D eigenvalue weighted by molar-refractivity contribution is 0.101. The molecule has 21 heavy (non-hydrogen) atoms. The molecule has 0 aliphatic carbocycles. The molecular weight excluding hydrogens is 270 g/mol. The third-order valence-electron chi connectivity index (χ3n) is 3.19. The Bertz CT molecular complexity index is 682. The van der Waals surface area contributed by atoms with Crippen LogP contribution in [-0.4, -0.2) is 25.9 Å². The van der Waals surface area contributed by atoms with Crippen LogP contribution in [0.3, 0.4) is 0 Å². The van der Waals surface area contributed by atoms with E-state index in [-0.39, 0.29) is 17.2 Å². The minimum absolute atomic E-state index is 0.198. The summed E-state index contributed by atoms with van der Waals surface area (Å²) >= 11 is 0. The molecular formula is C14H19N5O2. The standard InChI is InChI=1S/C14H19N5O2/c1-4-5-8-19-12(20)7-6-11(18-19)14(21)15-13-9(2)16-17-10(13)3/h6-7H,4-5,8H2,1-3H3,(H,15,21)(H,16,17). The maximum atomic E-state index is 12.2. The van der Waals surface area contributed by atoms with Crippen molar-refractivity contribution in [1.29, 1.82) is 0 Å². The number of anilines is 1. The van der Waals surface area contributed by atoms with Crippen molar-refractivity contribution < 1.29 is 4.79 Å². The van der Waals surface area contributed by atoms with E-state index in [1.807, 2.05) is 13.8 Å². The van der Waals surface area contributed by atoms with Crippen molar-refractivity contribution in [2.75, 3.05) is 5.32 Å². The molecule has 0 aliphatic rings. The summed E-state index contributed by atoms with van der Waals surface area (Å²) in [4.78, 5) is 23.9. The molecule has 0 spiro atoms. The zero-order valence-corrected chi connectivity index (χ0v) is 12.4. The molecule has 2 heterocycles. The van der Waals surface area contributed by atoms with Crippen LogP contribution in [0.2, 0.25) is 0 Å². The first-order valence-electron chi connectivity index (χ1n) is 6.94. The predicted octanol–water partition coefficient (Wildman–Crippen LogP) is 1.64. The molecule has 0 radical (unpaired) electrons. The van der Waals surface area contributed by atoms with Crippen LogP contribution in [0.1, 0.15) is 41.6 Å². The highest BCUT2D eigenvalue weighted by Crippen LogP contribution is 2.16. The molecule has 0 aromatic carbocycles. The predicted molar refractivity (Wildman–Crippen MR) is 79.4 cm³/mol. The Balaban J connectivity index is 2.21. The smallest absolute Gasteiger partial charge is 0.276 e. The van der Waals surface area contributed by atoms with E-state index >= 15 is 0 Å². The Hall–Kier alpha value is -2.44. The molecule has 0 saturated heterocycles. The molecule has 0 saturated carbocycles. The van der Waals surface area contributed by atoms with Crippen LogP contribution in [0.25, 0.3) is 0 Å². The van der Waals surface area contributed by atoms with Gasteiger partial charge in [0.15, 0.2) is 0 Å². The molecule has 0 bridgehead atoms. The highest BCUT2D eigenvalue weighted by atomic mass is 16.2.